The Bertz CT molecular complexity index is 390. The molecule has 0 radical (unpaired) electrons. The van der Waals surface area contributed by atoms with Crippen LogP contribution in [-0.4, -0.2) is 6.54 Å². The van der Waals surface area contributed by atoms with Crippen LogP contribution >= 0.6 is 0 Å². The Morgan fingerprint density at radius 1 is 1.31 bits per heavy atom. The van der Waals surface area contributed by atoms with E-state index in [1.54, 1.807) is 0 Å². The number of hydrogen-bond acceptors (Lipinski definition) is 2. The van der Waals surface area contributed by atoms with Crippen molar-refractivity contribution in [1.82, 2.24) is 5.32 Å². The summed E-state index contributed by atoms with van der Waals surface area (Å²) in [6.45, 7) is 9.05. The molecule has 0 aliphatic carbocycles. The maximum Gasteiger partial charge on any atom is 0.0666 e. The molecule has 1 rings (SSSR count). The number of nitrogens with zero attached hydrogens (tertiary/aromatic N) is 1. The van der Waals surface area contributed by atoms with E-state index in [9.17, 15) is 0 Å². The molecule has 0 saturated heterocycles. The lowest BCUT2D eigenvalue weighted by Crippen LogP contribution is -2.24. The first kappa shape index (κ1) is 12.7. The van der Waals surface area contributed by atoms with E-state index >= 15 is 0 Å². The number of rotatable bonds is 4. The van der Waals surface area contributed by atoms with Gasteiger partial charge in [0, 0.05) is 12.6 Å². The largest absolute Gasteiger partial charge is 0.309 e. The van der Waals surface area contributed by atoms with Crippen molar-refractivity contribution in [2.75, 3.05) is 6.54 Å². The summed E-state index contributed by atoms with van der Waals surface area (Å²) in [5.74, 6) is 0.0632. The van der Waals surface area contributed by atoms with Crippen molar-refractivity contribution >= 4 is 0 Å². The second-order valence-corrected chi connectivity index (χ2v) is 4.52. The van der Waals surface area contributed by atoms with Gasteiger partial charge in [0.2, 0.25) is 0 Å². The fourth-order valence-corrected chi connectivity index (χ4v) is 1.82. The van der Waals surface area contributed by atoms with Crippen LogP contribution in [0.1, 0.15) is 36.6 Å². The molecule has 0 aliphatic rings. The van der Waals surface area contributed by atoms with Crippen LogP contribution in [0.15, 0.2) is 18.2 Å². The van der Waals surface area contributed by atoms with E-state index in [2.05, 4.69) is 50.4 Å². The van der Waals surface area contributed by atoms with Crippen LogP contribution in [-0.2, 0) is 0 Å². The molecule has 0 amide bonds. The highest BCUT2D eigenvalue weighted by Gasteiger charge is 2.09. The van der Waals surface area contributed by atoms with E-state index in [0.29, 0.717) is 6.04 Å². The molecule has 2 nitrogen and oxygen atoms in total. The third kappa shape index (κ3) is 3.36. The lowest BCUT2D eigenvalue weighted by molar-refractivity contribution is 0.526. The van der Waals surface area contributed by atoms with Crippen LogP contribution < -0.4 is 5.32 Å². The lowest BCUT2D eigenvalue weighted by Gasteiger charge is -2.17. The minimum Gasteiger partial charge on any atom is -0.309 e. The Labute approximate surface area is 98.3 Å². The van der Waals surface area contributed by atoms with Crippen LogP contribution in [0.25, 0.3) is 0 Å². The number of nitriles is 1. The van der Waals surface area contributed by atoms with E-state index in [1.165, 1.54) is 16.7 Å². The van der Waals surface area contributed by atoms with Gasteiger partial charge >= 0.3 is 0 Å². The van der Waals surface area contributed by atoms with Crippen molar-refractivity contribution in [2.24, 2.45) is 5.92 Å². The quantitative estimate of drug-likeness (QED) is 0.839. The summed E-state index contributed by atoms with van der Waals surface area (Å²) in [6, 6.07) is 9.03. The fourth-order valence-electron chi connectivity index (χ4n) is 1.82. The third-order valence-corrected chi connectivity index (χ3v) is 2.84. The van der Waals surface area contributed by atoms with Crippen molar-refractivity contribution in [3.8, 4) is 6.07 Å². The molecular weight excluding hydrogens is 196 g/mol. The van der Waals surface area contributed by atoms with Gasteiger partial charge in [-0.3, -0.25) is 0 Å². The molecule has 16 heavy (non-hydrogen) atoms. The van der Waals surface area contributed by atoms with Crippen molar-refractivity contribution in [3.63, 3.8) is 0 Å². The highest BCUT2D eigenvalue weighted by atomic mass is 14.9. The maximum absolute atomic E-state index is 8.72. The minimum atomic E-state index is 0.0632. The molecular formula is C14H20N2. The minimum absolute atomic E-state index is 0.0632. The summed E-state index contributed by atoms with van der Waals surface area (Å²) in [7, 11) is 0. The van der Waals surface area contributed by atoms with Crippen molar-refractivity contribution < 1.29 is 0 Å². The van der Waals surface area contributed by atoms with Gasteiger partial charge in [0.05, 0.1) is 12.0 Å². The van der Waals surface area contributed by atoms with Gasteiger partial charge in [0.1, 0.15) is 0 Å². The Morgan fingerprint density at radius 3 is 2.56 bits per heavy atom. The average Bonchev–Trinajstić information content (AvgIpc) is 2.25. The highest BCUT2D eigenvalue weighted by molar-refractivity contribution is 5.32. The first-order valence-electron chi connectivity index (χ1n) is 5.74. The molecule has 0 fully saturated rings. The molecule has 0 aliphatic heterocycles. The van der Waals surface area contributed by atoms with Crippen LogP contribution in [0.2, 0.25) is 0 Å². The van der Waals surface area contributed by atoms with Gasteiger partial charge in [-0.25, -0.2) is 0 Å². The van der Waals surface area contributed by atoms with Crippen molar-refractivity contribution in [1.29, 1.82) is 5.26 Å². The van der Waals surface area contributed by atoms with Gasteiger partial charge in [-0.15, -0.1) is 0 Å². The number of nitrogens with one attached hydrogen (secondary N) is 1. The van der Waals surface area contributed by atoms with Crippen LogP contribution in [0.5, 0.6) is 0 Å². The van der Waals surface area contributed by atoms with Crippen molar-refractivity contribution in [2.45, 2.75) is 33.7 Å². The second-order valence-electron chi connectivity index (χ2n) is 4.52. The molecule has 2 unspecified atom stereocenters. The topological polar surface area (TPSA) is 35.8 Å². The van der Waals surface area contributed by atoms with Gasteiger partial charge in [0.25, 0.3) is 0 Å². The van der Waals surface area contributed by atoms with Crippen molar-refractivity contribution in [3.05, 3.63) is 34.9 Å². The molecule has 2 heteroatoms. The molecule has 0 heterocycles. The van der Waals surface area contributed by atoms with Gasteiger partial charge in [-0.2, -0.15) is 5.26 Å². The SMILES string of the molecule is Cc1ccc(C(C)NCC(C)C#N)c(C)c1. The molecule has 1 aromatic carbocycles. The van der Waals surface area contributed by atoms with Crippen LogP contribution in [0, 0.1) is 31.1 Å². The monoisotopic (exact) mass is 216 g/mol. The first-order valence-corrected chi connectivity index (χ1v) is 5.74. The molecule has 1 aromatic rings. The summed E-state index contributed by atoms with van der Waals surface area (Å²) in [5, 5.41) is 12.1. The third-order valence-electron chi connectivity index (χ3n) is 2.84. The summed E-state index contributed by atoms with van der Waals surface area (Å²) >= 11 is 0. The summed E-state index contributed by atoms with van der Waals surface area (Å²) in [6.07, 6.45) is 0. The van der Waals surface area contributed by atoms with E-state index in [1.807, 2.05) is 6.92 Å². The standard InChI is InChI=1S/C14H20N2/c1-10-5-6-14(12(3)7-10)13(4)16-9-11(2)8-15/h5-7,11,13,16H,9H2,1-4H3. The van der Waals surface area contributed by atoms with Gasteiger partial charge in [-0.05, 0) is 38.8 Å². The van der Waals surface area contributed by atoms with Gasteiger partial charge in [0.15, 0.2) is 0 Å². The van der Waals surface area contributed by atoms with Crippen LogP contribution in [0.3, 0.4) is 0 Å². The smallest absolute Gasteiger partial charge is 0.0666 e. The normalized spacial score (nSPS) is 14.2. The zero-order valence-electron chi connectivity index (χ0n) is 10.5. The highest BCUT2D eigenvalue weighted by Crippen LogP contribution is 2.18. The van der Waals surface area contributed by atoms with E-state index in [-0.39, 0.29) is 5.92 Å². The molecule has 86 valence electrons. The van der Waals surface area contributed by atoms with Crippen LogP contribution in [0.4, 0.5) is 0 Å². The Hall–Kier alpha value is -1.33. The number of hydrogen-bond donors (Lipinski definition) is 1. The summed E-state index contributed by atoms with van der Waals surface area (Å²) in [5.41, 5.74) is 3.92. The van der Waals surface area contributed by atoms with E-state index in [4.69, 9.17) is 5.26 Å². The molecule has 2 atom stereocenters. The number of benzene rings is 1. The predicted molar refractivity (Wildman–Crippen MR) is 67.1 cm³/mol. The lowest BCUT2D eigenvalue weighted by atomic mass is 10.00. The Morgan fingerprint density at radius 2 is 2.00 bits per heavy atom. The predicted octanol–water partition coefficient (Wildman–Crippen LogP) is 3.11. The molecule has 1 N–H and O–H groups in total. The summed E-state index contributed by atoms with van der Waals surface area (Å²) in [4.78, 5) is 0. The zero-order chi connectivity index (χ0) is 12.1. The van der Waals surface area contributed by atoms with Gasteiger partial charge in [-0.1, -0.05) is 23.8 Å². The fraction of sp³-hybridized carbons (Fsp3) is 0.500. The average molecular weight is 216 g/mol. The summed E-state index contributed by atoms with van der Waals surface area (Å²) < 4.78 is 0. The number of aryl methyl sites for hydroxylation is 2. The van der Waals surface area contributed by atoms with E-state index < -0.39 is 0 Å². The maximum atomic E-state index is 8.72. The molecule has 0 aromatic heterocycles. The Balaban J connectivity index is 2.66. The zero-order valence-corrected chi connectivity index (χ0v) is 10.5. The molecule has 0 bridgehead atoms. The van der Waals surface area contributed by atoms with E-state index in [0.717, 1.165) is 6.54 Å². The molecule has 0 spiro atoms. The first-order chi connectivity index (χ1) is 7.54. The Kier molecular flexibility index (Phi) is 4.52. The molecule has 0 saturated carbocycles. The second kappa shape index (κ2) is 5.67. The van der Waals surface area contributed by atoms with Gasteiger partial charge < -0.3 is 5.32 Å².